The van der Waals surface area contributed by atoms with Gasteiger partial charge in [0.25, 0.3) is 0 Å². The van der Waals surface area contributed by atoms with E-state index in [1.807, 2.05) is 14.1 Å². The van der Waals surface area contributed by atoms with E-state index in [2.05, 4.69) is 34.5 Å². The summed E-state index contributed by atoms with van der Waals surface area (Å²) in [4.78, 5) is 25.9. The number of amides is 2. The van der Waals surface area contributed by atoms with Crippen molar-refractivity contribution in [2.75, 3.05) is 31.7 Å². The molecule has 23 heavy (non-hydrogen) atoms. The molecule has 8 heteroatoms. The van der Waals surface area contributed by atoms with Crippen molar-refractivity contribution in [1.29, 1.82) is 0 Å². The van der Waals surface area contributed by atoms with Crippen molar-refractivity contribution in [1.82, 2.24) is 15.4 Å². The number of hydrogen-bond donors (Lipinski definition) is 2. The van der Waals surface area contributed by atoms with E-state index in [0.29, 0.717) is 18.1 Å². The van der Waals surface area contributed by atoms with Gasteiger partial charge in [-0.25, -0.2) is 0 Å². The van der Waals surface area contributed by atoms with Gasteiger partial charge in [0.1, 0.15) is 5.76 Å². The third kappa shape index (κ3) is 6.62. The summed E-state index contributed by atoms with van der Waals surface area (Å²) in [5, 5.41) is 8.89. The van der Waals surface area contributed by atoms with Gasteiger partial charge in [-0.15, -0.1) is 11.8 Å². The van der Waals surface area contributed by atoms with Gasteiger partial charge in [0.05, 0.1) is 11.0 Å². The summed E-state index contributed by atoms with van der Waals surface area (Å²) < 4.78 is 4.89. The molecular weight excluding hydrogens is 316 g/mol. The molecule has 130 valence electrons. The second-order valence-electron chi connectivity index (χ2n) is 6.25. The number of rotatable bonds is 8. The van der Waals surface area contributed by atoms with Crippen LogP contribution < -0.4 is 10.6 Å². The molecular formula is C15H26N4O3S. The number of nitrogens with one attached hydrogen (secondary N) is 2. The normalized spacial score (nSPS) is 13.0. The maximum absolute atomic E-state index is 12.0. The van der Waals surface area contributed by atoms with E-state index in [1.165, 1.54) is 11.8 Å². The third-order valence-electron chi connectivity index (χ3n) is 3.64. The molecule has 0 spiro atoms. The molecule has 1 rings (SSSR count). The molecule has 2 amide bonds. The maximum Gasteiger partial charge on any atom is 0.238 e. The Bertz CT molecular complexity index is 543. The summed E-state index contributed by atoms with van der Waals surface area (Å²) in [7, 11) is 3.94. The molecule has 7 nitrogen and oxygen atoms in total. The topological polar surface area (TPSA) is 87.5 Å². The Balaban J connectivity index is 2.33. The molecule has 0 radical (unpaired) electrons. The number of thioether (sulfide) groups is 1. The van der Waals surface area contributed by atoms with Crippen LogP contribution in [0.2, 0.25) is 0 Å². The van der Waals surface area contributed by atoms with E-state index in [1.54, 1.807) is 19.9 Å². The van der Waals surface area contributed by atoms with Crippen LogP contribution in [-0.4, -0.2) is 59.1 Å². The molecule has 2 N–H and O–H groups in total. The standard InChI is InChI=1S/C15H26N4O3S/c1-10-7-12(18-22-10)17-14(21)11(2)23-8-13(20)16-9-15(3,4)19(5)6/h7,11H,8-9H2,1-6H3,(H,16,20)(H,17,18,21)/t11-/m1/s1. The van der Waals surface area contributed by atoms with Crippen molar-refractivity contribution >= 4 is 29.4 Å². The predicted octanol–water partition coefficient (Wildman–Crippen LogP) is 1.50. The summed E-state index contributed by atoms with van der Waals surface area (Å²) in [6, 6.07) is 1.64. The Hall–Kier alpha value is -1.54. The highest BCUT2D eigenvalue weighted by atomic mass is 32.2. The number of hydrogen-bond acceptors (Lipinski definition) is 6. The Morgan fingerprint density at radius 2 is 2.09 bits per heavy atom. The lowest BCUT2D eigenvalue weighted by atomic mass is 10.0. The monoisotopic (exact) mass is 342 g/mol. The van der Waals surface area contributed by atoms with Gasteiger partial charge < -0.3 is 20.1 Å². The minimum Gasteiger partial charge on any atom is -0.360 e. The molecule has 0 saturated heterocycles. The molecule has 0 bridgehead atoms. The lowest BCUT2D eigenvalue weighted by Gasteiger charge is -2.32. The molecule has 1 aromatic rings. The fourth-order valence-corrected chi connectivity index (χ4v) is 2.17. The molecule has 0 aromatic carbocycles. The molecule has 1 aromatic heterocycles. The number of aryl methyl sites for hydroxylation is 1. The van der Waals surface area contributed by atoms with Crippen molar-refractivity contribution in [3.63, 3.8) is 0 Å². The fourth-order valence-electron chi connectivity index (χ4n) is 1.45. The SMILES string of the molecule is Cc1cc(NC(=O)[C@@H](C)SCC(=O)NCC(C)(C)N(C)C)no1. The predicted molar refractivity (Wildman–Crippen MR) is 92.6 cm³/mol. The smallest absolute Gasteiger partial charge is 0.238 e. The first kappa shape index (κ1) is 19.5. The largest absolute Gasteiger partial charge is 0.360 e. The molecule has 0 unspecified atom stereocenters. The first-order valence-electron chi connectivity index (χ1n) is 7.42. The average molecular weight is 342 g/mol. The number of likely N-dealkylation sites (N-methyl/N-ethyl adjacent to an activating group) is 1. The van der Waals surface area contributed by atoms with Gasteiger partial charge in [0, 0.05) is 18.2 Å². The molecule has 1 heterocycles. The molecule has 0 aliphatic carbocycles. The summed E-state index contributed by atoms with van der Waals surface area (Å²) in [5.74, 6) is 0.961. The summed E-state index contributed by atoms with van der Waals surface area (Å²) in [6.07, 6.45) is 0. The number of carbonyl (C=O) groups excluding carboxylic acids is 2. The third-order valence-corrected chi connectivity index (χ3v) is 4.78. The summed E-state index contributed by atoms with van der Waals surface area (Å²) in [6.45, 7) is 8.16. The molecule has 0 saturated carbocycles. The Morgan fingerprint density at radius 1 is 1.43 bits per heavy atom. The van der Waals surface area contributed by atoms with E-state index in [9.17, 15) is 9.59 Å². The van der Waals surface area contributed by atoms with Gasteiger partial charge in [0.2, 0.25) is 11.8 Å². The van der Waals surface area contributed by atoms with E-state index in [4.69, 9.17) is 4.52 Å². The van der Waals surface area contributed by atoms with Gasteiger partial charge in [-0.3, -0.25) is 9.59 Å². The van der Waals surface area contributed by atoms with Crippen LogP contribution in [0.15, 0.2) is 10.6 Å². The van der Waals surface area contributed by atoms with Crippen molar-refractivity contribution in [2.45, 2.75) is 38.5 Å². The highest BCUT2D eigenvalue weighted by Crippen LogP contribution is 2.14. The van der Waals surface area contributed by atoms with E-state index >= 15 is 0 Å². The lowest BCUT2D eigenvalue weighted by molar-refractivity contribution is -0.119. The molecule has 0 aliphatic heterocycles. The highest BCUT2D eigenvalue weighted by molar-refractivity contribution is 8.01. The zero-order valence-corrected chi connectivity index (χ0v) is 15.4. The highest BCUT2D eigenvalue weighted by Gasteiger charge is 2.22. The molecule has 0 fully saturated rings. The quantitative estimate of drug-likeness (QED) is 0.744. The van der Waals surface area contributed by atoms with E-state index in [0.717, 1.165) is 0 Å². The molecule has 0 aliphatic rings. The zero-order chi connectivity index (χ0) is 17.6. The van der Waals surface area contributed by atoms with Crippen molar-refractivity contribution in [3.05, 3.63) is 11.8 Å². The number of carbonyl (C=O) groups is 2. The van der Waals surface area contributed by atoms with Gasteiger partial charge in [-0.1, -0.05) is 5.16 Å². The van der Waals surface area contributed by atoms with E-state index in [-0.39, 0.29) is 28.4 Å². The van der Waals surface area contributed by atoms with Crippen LogP contribution in [-0.2, 0) is 9.59 Å². The Kier molecular flexibility index (Phi) is 7.08. The van der Waals surface area contributed by atoms with E-state index < -0.39 is 0 Å². The van der Waals surface area contributed by atoms with Crippen molar-refractivity contribution in [3.8, 4) is 0 Å². The average Bonchev–Trinajstić information content (AvgIpc) is 2.87. The van der Waals surface area contributed by atoms with Crippen LogP contribution in [0, 0.1) is 6.92 Å². The van der Waals surface area contributed by atoms with Crippen LogP contribution in [0.5, 0.6) is 0 Å². The first-order valence-corrected chi connectivity index (χ1v) is 8.46. The van der Waals surface area contributed by atoms with Crippen LogP contribution in [0.3, 0.4) is 0 Å². The lowest BCUT2D eigenvalue weighted by Crippen LogP contribution is -2.48. The van der Waals surface area contributed by atoms with Crippen molar-refractivity contribution < 1.29 is 14.1 Å². The Labute approximate surface area is 141 Å². The van der Waals surface area contributed by atoms with Gasteiger partial charge in [0.15, 0.2) is 5.82 Å². The second-order valence-corrected chi connectivity index (χ2v) is 7.58. The second kappa shape index (κ2) is 8.35. The molecule has 1 atom stereocenters. The summed E-state index contributed by atoms with van der Waals surface area (Å²) in [5.41, 5.74) is -0.117. The maximum atomic E-state index is 12.0. The van der Waals surface area contributed by atoms with Crippen molar-refractivity contribution in [2.24, 2.45) is 0 Å². The van der Waals surface area contributed by atoms with Crippen LogP contribution >= 0.6 is 11.8 Å². The number of anilines is 1. The number of nitrogens with zero attached hydrogens (tertiary/aromatic N) is 2. The first-order chi connectivity index (χ1) is 10.6. The number of aromatic nitrogens is 1. The van der Waals surface area contributed by atoms with Crippen LogP contribution in [0.4, 0.5) is 5.82 Å². The van der Waals surface area contributed by atoms with Gasteiger partial charge in [-0.2, -0.15) is 0 Å². The van der Waals surface area contributed by atoms with Crippen LogP contribution in [0.1, 0.15) is 26.5 Å². The fraction of sp³-hybridized carbons (Fsp3) is 0.667. The minimum absolute atomic E-state index is 0.0816. The van der Waals surface area contributed by atoms with Gasteiger partial charge in [-0.05, 0) is 41.8 Å². The van der Waals surface area contributed by atoms with Crippen LogP contribution in [0.25, 0.3) is 0 Å². The van der Waals surface area contributed by atoms with Gasteiger partial charge >= 0.3 is 0 Å². The zero-order valence-electron chi connectivity index (χ0n) is 14.6. The Morgan fingerprint density at radius 3 is 2.61 bits per heavy atom. The summed E-state index contributed by atoms with van der Waals surface area (Å²) >= 11 is 1.28. The minimum atomic E-state index is -0.361.